The largest absolute Gasteiger partial charge is 0.492 e. The van der Waals surface area contributed by atoms with E-state index in [2.05, 4.69) is 5.32 Å². The molecule has 0 radical (unpaired) electrons. The van der Waals surface area contributed by atoms with Gasteiger partial charge in [-0.3, -0.25) is 4.79 Å². The molecule has 0 aliphatic carbocycles. The zero-order valence-electron chi connectivity index (χ0n) is 12.3. The molecule has 1 heterocycles. The van der Waals surface area contributed by atoms with Gasteiger partial charge in [-0.05, 0) is 17.9 Å². The number of aromatic carboxylic acids is 1. The molecule has 1 aromatic heterocycles. The van der Waals surface area contributed by atoms with Gasteiger partial charge in [0.1, 0.15) is 5.75 Å². The van der Waals surface area contributed by atoms with Crippen molar-refractivity contribution in [1.82, 2.24) is 5.32 Å². The van der Waals surface area contributed by atoms with Crippen LogP contribution in [0.15, 0.2) is 6.07 Å². The van der Waals surface area contributed by atoms with Crippen molar-refractivity contribution < 1.29 is 19.4 Å². The number of carbonyl (C=O) groups excluding carboxylic acids is 1. The van der Waals surface area contributed by atoms with Gasteiger partial charge >= 0.3 is 5.97 Å². The Kier molecular flexibility index (Phi) is 5.56. The van der Waals surface area contributed by atoms with Gasteiger partial charge in [-0.2, -0.15) is 0 Å². The molecule has 0 aliphatic rings. The van der Waals surface area contributed by atoms with E-state index in [1.807, 2.05) is 20.8 Å². The van der Waals surface area contributed by atoms with Gasteiger partial charge in [-0.25, -0.2) is 4.79 Å². The second-order valence-corrected chi connectivity index (χ2v) is 6.54. The summed E-state index contributed by atoms with van der Waals surface area (Å²) in [6, 6.07) is 1.79. The number of ether oxygens (including phenoxy) is 1. The second-order valence-electron chi connectivity index (χ2n) is 5.48. The fourth-order valence-corrected chi connectivity index (χ4v) is 2.54. The zero-order valence-corrected chi connectivity index (χ0v) is 13.1. The molecule has 0 aromatic carbocycles. The molecular formula is C14H21NO4S. The molecule has 2 N–H and O–H groups in total. The summed E-state index contributed by atoms with van der Waals surface area (Å²) in [6.45, 7) is 6.41. The lowest BCUT2D eigenvalue weighted by molar-refractivity contribution is -0.120. The van der Waals surface area contributed by atoms with Crippen LogP contribution in [0.2, 0.25) is 0 Å². The second kappa shape index (κ2) is 6.74. The number of rotatable bonds is 6. The first-order valence-corrected chi connectivity index (χ1v) is 7.28. The number of carboxylic acids is 1. The Bertz CT molecular complexity index is 488. The van der Waals surface area contributed by atoms with Crippen molar-refractivity contribution in [3.8, 4) is 5.75 Å². The summed E-state index contributed by atoms with van der Waals surface area (Å²) in [6.07, 6.45) is 0.925. The average Bonchev–Trinajstić information content (AvgIpc) is 2.78. The van der Waals surface area contributed by atoms with E-state index in [9.17, 15) is 14.7 Å². The SMILES string of the molecule is CNC(=O)CCCOc1cc(C(C)(C)C)sc1C(=O)O. The molecule has 1 rings (SSSR count). The summed E-state index contributed by atoms with van der Waals surface area (Å²) >= 11 is 1.24. The molecule has 0 saturated heterocycles. The van der Waals surface area contributed by atoms with Crippen LogP contribution in [0.1, 0.15) is 48.2 Å². The molecule has 20 heavy (non-hydrogen) atoms. The Morgan fingerprint density at radius 1 is 1.40 bits per heavy atom. The van der Waals surface area contributed by atoms with E-state index in [1.165, 1.54) is 11.3 Å². The predicted octanol–water partition coefficient (Wildman–Crippen LogP) is 2.65. The number of carbonyl (C=O) groups is 2. The molecule has 0 aliphatic heterocycles. The quantitative estimate of drug-likeness (QED) is 0.792. The van der Waals surface area contributed by atoms with Gasteiger partial charge in [-0.15, -0.1) is 11.3 Å². The molecular weight excluding hydrogens is 278 g/mol. The maximum absolute atomic E-state index is 11.2. The van der Waals surface area contributed by atoms with Gasteiger partial charge in [-0.1, -0.05) is 20.8 Å². The van der Waals surface area contributed by atoms with Gasteiger partial charge in [0.15, 0.2) is 4.88 Å². The average molecular weight is 299 g/mol. The van der Waals surface area contributed by atoms with Crippen LogP contribution in [-0.2, 0) is 10.2 Å². The van der Waals surface area contributed by atoms with Crippen LogP contribution in [0.4, 0.5) is 0 Å². The Morgan fingerprint density at radius 3 is 2.55 bits per heavy atom. The predicted molar refractivity (Wildman–Crippen MR) is 78.8 cm³/mol. The number of nitrogens with one attached hydrogen (secondary N) is 1. The fourth-order valence-electron chi connectivity index (χ4n) is 1.54. The van der Waals surface area contributed by atoms with Crippen molar-refractivity contribution >= 4 is 23.2 Å². The molecule has 0 fully saturated rings. The van der Waals surface area contributed by atoms with E-state index < -0.39 is 5.97 Å². The van der Waals surface area contributed by atoms with Crippen LogP contribution < -0.4 is 10.1 Å². The lowest BCUT2D eigenvalue weighted by Crippen LogP contribution is -2.18. The third-order valence-corrected chi connectivity index (χ3v) is 4.25. The van der Waals surface area contributed by atoms with Crippen LogP contribution in [0.25, 0.3) is 0 Å². The topological polar surface area (TPSA) is 75.6 Å². The summed E-state index contributed by atoms with van der Waals surface area (Å²) in [5.41, 5.74) is -0.113. The first-order valence-electron chi connectivity index (χ1n) is 6.46. The van der Waals surface area contributed by atoms with Crippen molar-refractivity contribution in [3.05, 3.63) is 15.8 Å². The molecule has 5 nitrogen and oxygen atoms in total. The minimum absolute atomic E-state index is 0.0484. The molecule has 1 amide bonds. The third-order valence-electron chi connectivity index (χ3n) is 2.72. The van der Waals surface area contributed by atoms with Gasteiger partial charge in [0, 0.05) is 18.3 Å². The first-order chi connectivity index (χ1) is 9.25. The van der Waals surface area contributed by atoms with Crippen molar-refractivity contribution in [2.45, 2.75) is 39.0 Å². The molecule has 1 aromatic rings. The summed E-state index contributed by atoms with van der Waals surface area (Å²) in [5, 5.41) is 11.7. The van der Waals surface area contributed by atoms with Crippen molar-refractivity contribution in [3.63, 3.8) is 0 Å². The third kappa shape index (κ3) is 4.52. The monoisotopic (exact) mass is 299 g/mol. The van der Waals surface area contributed by atoms with Crippen molar-refractivity contribution in [1.29, 1.82) is 0 Å². The number of hydrogen-bond donors (Lipinski definition) is 2. The Balaban J connectivity index is 2.71. The number of amides is 1. The minimum Gasteiger partial charge on any atom is -0.492 e. The Morgan fingerprint density at radius 2 is 2.05 bits per heavy atom. The molecule has 6 heteroatoms. The van der Waals surface area contributed by atoms with Crippen LogP contribution in [-0.4, -0.2) is 30.6 Å². The van der Waals surface area contributed by atoms with Crippen molar-refractivity contribution in [2.75, 3.05) is 13.7 Å². The highest BCUT2D eigenvalue weighted by molar-refractivity contribution is 7.14. The van der Waals surface area contributed by atoms with E-state index in [0.29, 0.717) is 25.2 Å². The molecule has 0 spiro atoms. The summed E-state index contributed by atoms with van der Waals surface area (Å²) in [4.78, 5) is 23.5. The fraction of sp³-hybridized carbons (Fsp3) is 0.571. The van der Waals surface area contributed by atoms with Gasteiger partial charge in [0.05, 0.1) is 6.61 Å². The maximum Gasteiger partial charge on any atom is 0.349 e. The van der Waals surface area contributed by atoms with Crippen LogP contribution in [0.3, 0.4) is 0 Å². The first kappa shape index (κ1) is 16.5. The standard InChI is InChI=1S/C14H21NO4S/c1-14(2,3)10-8-9(12(20-10)13(17)18)19-7-5-6-11(16)15-4/h8H,5-7H2,1-4H3,(H,15,16)(H,17,18). The molecule has 112 valence electrons. The highest BCUT2D eigenvalue weighted by Crippen LogP contribution is 2.36. The van der Waals surface area contributed by atoms with E-state index >= 15 is 0 Å². The maximum atomic E-state index is 11.2. The summed E-state index contributed by atoms with van der Waals surface area (Å²) in [7, 11) is 1.58. The zero-order chi connectivity index (χ0) is 15.3. The molecule has 0 unspecified atom stereocenters. The van der Waals surface area contributed by atoms with Crippen LogP contribution in [0.5, 0.6) is 5.75 Å². The minimum atomic E-state index is -0.980. The highest BCUT2D eigenvalue weighted by Gasteiger charge is 2.23. The summed E-state index contributed by atoms with van der Waals surface area (Å²) < 4.78 is 5.52. The molecule has 0 bridgehead atoms. The number of thiophene rings is 1. The smallest absolute Gasteiger partial charge is 0.349 e. The molecule has 0 atom stereocenters. The van der Waals surface area contributed by atoms with Crippen molar-refractivity contribution in [2.24, 2.45) is 0 Å². The summed E-state index contributed by atoms with van der Waals surface area (Å²) in [5.74, 6) is -0.635. The van der Waals surface area contributed by atoms with Gasteiger partial charge in [0.25, 0.3) is 0 Å². The lowest BCUT2D eigenvalue weighted by Gasteiger charge is -2.14. The molecule has 0 saturated carbocycles. The van der Waals surface area contributed by atoms with E-state index in [-0.39, 0.29) is 16.2 Å². The normalized spacial score (nSPS) is 11.2. The van der Waals surface area contributed by atoms with Crippen LogP contribution >= 0.6 is 11.3 Å². The van der Waals surface area contributed by atoms with E-state index in [4.69, 9.17) is 4.74 Å². The Hall–Kier alpha value is -1.56. The van der Waals surface area contributed by atoms with Gasteiger partial charge < -0.3 is 15.2 Å². The number of hydrogen-bond acceptors (Lipinski definition) is 4. The number of carboxylic acid groups (broad SMARTS) is 1. The van der Waals surface area contributed by atoms with Gasteiger partial charge in [0.2, 0.25) is 5.91 Å². The van der Waals surface area contributed by atoms with E-state index in [1.54, 1.807) is 13.1 Å². The van der Waals surface area contributed by atoms with E-state index in [0.717, 1.165) is 4.88 Å². The highest BCUT2D eigenvalue weighted by atomic mass is 32.1. The van der Waals surface area contributed by atoms with Crippen LogP contribution in [0, 0.1) is 0 Å². The lowest BCUT2D eigenvalue weighted by atomic mass is 9.95. The Labute approximate surface area is 123 Å².